The highest BCUT2D eigenvalue weighted by atomic mass is 16.5. The van der Waals surface area contributed by atoms with E-state index >= 15 is 0 Å². The summed E-state index contributed by atoms with van der Waals surface area (Å²) in [5, 5.41) is 35.4. The molecule has 2 N–H and O–H groups in total. The lowest BCUT2D eigenvalue weighted by Gasteiger charge is -2.09. The van der Waals surface area contributed by atoms with E-state index in [1.54, 1.807) is 27.3 Å². The number of nitrogens with one attached hydrogen (secondary N) is 1. The Morgan fingerprint density at radius 2 is 2.00 bits per heavy atom. The van der Waals surface area contributed by atoms with Crippen molar-refractivity contribution in [2.45, 2.75) is 57.2 Å². The van der Waals surface area contributed by atoms with Crippen LogP contribution in [0.25, 0.3) is 28.0 Å². The third-order valence-corrected chi connectivity index (χ3v) is 7.63. The number of carbonyl (C=O) groups is 1. The van der Waals surface area contributed by atoms with E-state index in [1.807, 2.05) is 49.6 Å². The topological polar surface area (TPSA) is 137 Å². The fraction of sp³-hybridized carbons (Fsp3) is 0.379. The molecule has 5 aromatic rings. The molecule has 2 saturated carbocycles. The normalized spacial score (nSPS) is 15.9. The zero-order chi connectivity index (χ0) is 28.1. The van der Waals surface area contributed by atoms with Gasteiger partial charge in [0, 0.05) is 42.2 Å². The van der Waals surface area contributed by atoms with Gasteiger partial charge in [-0.2, -0.15) is 15.0 Å². The maximum Gasteiger partial charge on any atom is 0.259 e. The Kier molecular flexibility index (Phi) is 6.36. The molecule has 210 valence electrons. The Balaban J connectivity index is 1.17. The van der Waals surface area contributed by atoms with Crippen molar-refractivity contribution >= 4 is 17.1 Å². The summed E-state index contributed by atoms with van der Waals surface area (Å²) in [6.07, 6.45) is 9.11. The number of anilines is 1. The van der Waals surface area contributed by atoms with Crippen LogP contribution < -0.4 is 5.32 Å². The van der Waals surface area contributed by atoms with Gasteiger partial charge in [-0.05, 0) is 67.1 Å². The zero-order valence-electron chi connectivity index (χ0n) is 22.9. The standard InChI is InChI=1S/C29H31N9O3/c1-17-3-4-20(28-32-35-38(34-28)21-7-8-21)11-25(17)31-29(40)23-13-30-37-10-9-19(12-26(23)37)24-15-36(14-22(39)16-41-2)33-27(24)18-5-6-18/h3-4,9-13,15,18,21-22,39H,5-8,14,16H2,1-2H3,(H,31,40)/t22-/m0/s1. The second kappa shape index (κ2) is 10.2. The third kappa shape index (κ3) is 5.11. The molecule has 12 heteroatoms. The second-order valence-corrected chi connectivity index (χ2v) is 11.0. The number of hydrogen-bond acceptors (Lipinski definition) is 8. The van der Waals surface area contributed by atoms with Gasteiger partial charge in [0.15, 0.2) is 0 Å². The number of hydrogen-bond donors (Lipinski definition) is 2. The SMILES string of the molecule is COC[C@@H](O)Cn1cc(-c2ccn3ncc(C(=O)Nc4cc(-c5nnn(C6CC6)n5)ccc4C)c3c2)c(C2CC2)n1. The average Bonchev–Trinajstić information content (AvgIpc) is 3.86. The first-order valence-electron chi connectivity index (χ1n) is 13.9. The summed E-state index contributed by atoms with van der Waals surface area (Å²) in [7, 11) is 1.57. The number of nitrogens with zero attached hydrogens (tertiary/aromatic N) is 8. The largest absolute Gasteiger partial charge is 0.389 e. The lowest BCUT2D eigenvalue weighted by atomic mass is 10.0. The number of amides is 1. The molecule has 2 fully saturated rings. The van der Waals surface area contributed by atoms with Crippen molar-refractivity contribution in [1.29, 1.82) is 0 Å². The summed E-state index contributed by atoms with van der Waals surface area (Å²) < 4.78 is 8.56. The van der Waals surface area contributed by atoms with Gasteiger partial charge in [0.25, 0.3) is 5.91 Å². The molecular formula is C29H31N9O3. The van der Waals surface area contributed by atoms with Gasteiger partial charge >= 0.3 is 0 Å². The Hall–Kier alpha value is -4.42. The minimum absolute atomic E-state index is 0.244. The number of aliphatic hydroxyl groups excluding tert-OH is 1. The highest BCUT2D eigenvalue weighted by Gasteiger charge is 2.30. The monoisotopic (exact) mass is 553 g/mol. The lowest BCUT2D eigenvalue weighted by Crippen LogP contribution is -2.21. The number of aryl methyl sites for hydroxylation is 1. The van der Waals surface area contributed by atoms with Crippen LogP contribution in [-0.4, -0.2) is 70.4 Å². The summed E-state index contributed by atoms with van der Waals surface area (Å²) in [6, 6.07) is 10.1. The van der Waals surface area contributed by atoms with Crippen LogP contribution in [0.5, 0.6) is 0 Å². The van der Waals surface area contributed by atoms with E-state index in [9.17, 15) is 9.90 Å². The maximum atomic E-state index is 13.5. The molecule has 0 bridgehead atoms. The van der Waals surface area contributed by atoms with E-state index in [1.165, 1.54) is 0 Å². The molecule has 7 rings (SSSR count). The molecule has 0 unspecified atom stereocenters. The summed E-state index contributed by atoms with van der Waals surface area (Å²) in [6.45, 7) is 2.54. The van der Waals surface area contributed by atoms with Gasteiger partial charge in [0.05, 0.1) is 48.3 Å². The van der Waals surface area contributed by atoms with Crippen molar-refractivity contribution < 1.29 is 14.6 Å². The van der Waals surface area contributed by atoms with Gasteiger partial charge in [-0.25, -0.2) is 4.52 Å². The smallest absolute Gasteiger partial charge is 0.259 e. The van der Waals surface area contributed by atoms with Gasteiger partial charge in [0.1, 0.15) is 0 Å². The van der Waals surface area contributed by atoms with Gasteiger partial charge in [-0.1, -0.05) is 12.1 Å². The molecule has 1 amide bonds. The number of rotatable bonds is 10. The Labute approximate surface area is 235 Å². The Morgan fingerprint density at radius 1 is 1.15 bits per heavy atom. The highest BCUT2D eigenvalue weighted by Crippen LogP contribution is 2.44. The molecule has 1 aromatic carbocycles. The number of tetrazole rings is 1. The number of aliphatic hydroxyl groups is 1. The second-order valence-electron chi connectivity index (χ2n) is 11.0. The molecule has 4 aromatic heterocycles. The first kappa shape index (κ1) is 25.5. The predicted molar refractivity (Wildman–Crippen MR) is 150 cm³/mol. The van der Waals surface area contributed by atoms with Crippen LogP contribution in [0.3, 0.4) is 0 Å². The number of benzene rings is 1. The minimum atomic E-state index is -0.643. The molecule has 2 aliphatic rings. The number of methoxy groups -OCH3 is 1. The fourth-order valence-electron chi connectivity index (χ4n) is 5.08. The van der Waals surface area contributed by atoms with Crippen molar-refractivity contribution in [3.8, 4) is 22.5 Å². The lowest BCUT2D eigenvalue weighted by molar-refractivity contribution is 0.0513. The van der Waals surface area contributed by atoms with E-state index in [0.717, 1.165) is 53.6 Å². The van der Waals surface area contributed by atoms with E-state index in [-0.39, 0.29) is 12.5 Å². The van der Waals surface area contributed by atoms with Crippen LogP contribution in [-0.2, 0) is 11.3 Å². The summed E-state index contributed by atoms with van der Waals surface area (Å²) in [5.74, 6) is 0.688. The van der Waals surface area contributed by atoms with Crippen LogP contribution >= 0.6 is 0 Å². The van der Waals surface area contributed by atoms with Gasteiger partial charge in [0.2, 0.25) is 5.82 Å². The Morgan fingerprint density at radius 3 is 2.78 bits per heavy atom. The summed E-state index contributed by atoms with van der Waals surface area (Å²) in [5.41, 5.74) is 6.52. The third-order valence-electron chi connectivity index (χ3n) is 7.63. The number of pyridine rings is 1. The van der Waals surface area contributed by atoms with Crippen LogP contribution in [0.2, 0.25) is 0 Å². The molecule has 0 aliphatic heterocycles. The molecule has 41 heavy (non-hydrogen) atoms. The predicted octanol–water partition coefficient (Wildman–Crippen LogP) is 3.63. The van der Waals surface area contributed by atoms with E-state index < -0.39 is 6.10 Å². The maximum absolute atomic E-state index is 13.5. The molecule has 12 nitrogen and oxygen atoms in total. The molecule has 0 radical (unpaired) electrons. The van der Waals surface area contributed by atoms with Gasteiger partial charge in [-0.15, -0.1) is 10.2 Å². The minimum Gasteiger partial charge on any atom is -0.389 e. The molecule has 2 aliphatic carbocycles. The number of aromatic nitrogens is 8. The van der Waals surface area contributed by atoms with Crippen molar-refractivity contribution in [2.75, 3.05) is 19.0 Å². The summed E-state index contributed by atoms with van der Waals surface area (Å²) >= 11 is 0. The van der Waals surface area contributed by atoms with Crippen molar-refractivity contribution in [1.82, 2.24) is 39.6 Å². The van der Waals surface area contributed by atoms with E-state index in [4.69, 9.17) is 9.84 Å². The average molecular weight is 554 g/mol. The van der Waals surface area contributed by atoms with Crippen molar-refractivity contribution in [3.63, 3.8) is 0 Å². The van der Waals surface area contributed by atoms with E-state index in [0.29, 0.717) is 41.1 Å². The molecule has 0 spiro atoms. The highest BCUT2D eigenvalue weighted by molar-refractivity contribution is 6.09. The van der Waals surface area contributed by atoms with Gasteiger partial charge < -0.3 is 15.2 Å². The first-order chi connectivity index (χ1) is 20.0. The zero-order valence-corrected chi connectivity index (χ0v) is 22.9. The van der Waals surface area contributed by atoms with Gasteiger partial charge in [-0.3, -0.25) is 9.48 Å². The van der Waals surface area contributed by atoms with Crippen molar-refractivity contribution in [3.05, 3.63) is 65.7 Å². The quantitative estimate of drug-likeness (QED) is 0.268. The van der Waals surface area contributed by atoms with Crippen LogP contribution in [0.1, 0.15) is 59.3 Å². The van der Waals surface area contributed by atoms with E-state index in [2.05, 4.69) is 25.8 Å². The summed E-state index contributed by atoms with van der Waals surface area (Å²) in [4.78, 5) is 15.2. The molecule has 1 atom stereocenters. The molecule has 4 heterocycles. The van der Waals surface area contributed by atoms with Crippen LogP contribution in [0.15, 0.2) is 48.9 Å². The van der Waals surface area contributed by atoms with Crippen LogP contribution in [0, 0.1) is 6.92 Å². The van der Waals surface area contributed by atoms with Crippen LogP contribution in [0.4, 0.5) is 5.69 Å². The Bertz CT molecular complexity index is 1750. The molecule has 0 saturated heterocycles. The number of ether oxygens (including phenoxy) is 1. The molecular weight excluding hydrogens is 522 g/mol. The number of carbonyl (C=O) groups excluding carboxylic acids is 1. The number of fused-ring (bicyclic) bond motifs is 1. The van der Waals surface area contributed by atoms with Crippen molar-refractivity contribution in [2.24, 2.45) is 0 Å². The first-order valence-corrected chi connectivity index (χ1v) is 13.9. The fourth-order valence-corrected chi connectivity index (χ4v) is 5.08.